The van der Waals surface area contributed by atoms with Gasteiger partial charge >= 0.3 is 6.18 Å². The molecular weight excluding hydrogens is 371 g/mol. The van der Waals surface area contributed by atoms with Crippen molar-refractivity contribution in [3.05, 3.63) is 65.2 Å². The van der Waals surface area contributed by atoms with Gasteiger partial charge in [0.1, 0.15) is 11.5 Å². The molecule has 3 heterocycles. The lowest BCUT2D eigenvalue weighted by Crippen LogP contribution is -2.13. The molecule has 0 aliphatic rings. The molecule has 0 saturated carbocycles. The molecule has 3 rings (SSSR count). The van der Waals surface area contributed by atoms with Gasteiger partial charge in [-0.3, -0.25) is 14.8 Å². The van der Waals surface area contributed by atoms with Crippen LogP contribution in [0.4, 0.5) is 19.0 Å². The number of hydrogen-bond donors (Lipinski definition) is 1. The lowest BCUT2D eigenvalue weighted by molar-refractivity contribution is -0.141. The monoisotopic (exact) mass is 387 g/mol. The Labute approximate surface area is 158 Å². The quantitative estimate of drug-likeness (QED) is 0.665. The fraction of sp³-hybridized carbons (Fsp3) is 0.211. The van der Waals surface area contributed by atoms with Gasteiger partial charge in [0.15, 0.2) is 17.3 Å². The van der Waals surface area contributed by atoms with E-state index in [1.165, 1.54) is 19.2 Å². The van der Waals surface area contributed by atoms with Gasteiger partial charge in [0, 0.05) is 23.5 Å². The number of alkyl halides is 3. The number of rotatable bonds is 5. The zero-order chi connectivity index (χ0) is 20.3. The van der Waals surface area contributed by atoms with Gasteiger partial charge in [0.2, 0.25) is 0 Å². The number of aromatic nitrogens is 4. The topological polar surface area (TPSA) is 80.7 Å². The van der Waals surface area contributed by atoms with Gasteiger partial charge < -0.3 is 5.32 Å². The van der Waals surface area contributed by atoms with Crippen molar-refractivity contribution in [2.45, 2.75) is 26.6 Å². The Morgan fingerprint density at radius 2 is 1.89 bits per heavy atom. The van der Waals surface area contributed by atoms with Crippen LogP contribution in [0.25, 0.3) is 11.5 Å². The van der Waals surface area contributed by atoms with Crippen molar-refractivity contribution in [2.24, 2.45) is 0 Å². The maximum Gasteiger partial charge on any atom is 0.433 e. The molecule has 0 fully saturated rings. The molecule has 6 nitrogen and oxygen atoms in total. The molecule has 3 aromatic rings. The number of hydrogen-bond acceptors (Lipinski definition) is 6. The first-order valence-electron chi connectivity index (χ1n) is 8.33. The van der Waals surface area contributed by atoms with E-state index < -0.39 is 11.9 Å². The number of nitrogens with one attached hydrogen (secondary N) is 1. The van der Waals surface area contributed by atoms with E-state index in [4.69, 9.17) is 0 Å². The third kappa shape index (κ3) is 4.48. The summed E-state index contributed by atoms with van der Waals surface area (Å²) in [5, 5.41) is 2.83. The number of anilines is 1. The van der Waals surface area contributed by atoms with E-state index >= 15 is 0 Å². The number of carbonyl (C=O) groups is 1. The number of halogens is 3. The molecule has 0 aromatic carbocycles. The summed E-state index contributed by atoms with van der Waals surface area (Å²) in [7, 11) is 0. The third-order valence-electron chi connectivity index (χ3n) is 3.88. The molecule has 1 N–H and O–H groups in total. The van der Waals surface area contributed by atoms with Crippen LogP contribution in [0, 0.1) is 6.92 Å². The number of Topliss-reactive ketones (excluding diaryl/α,β-unsaturated/α-hetero) is 1. The first-order valence-corrected chi connectivity index (χ1v) is 8.33. The van der Waals surface area contributed by atoms with E-state index in [0.29, 0.717) is 17.0 Å². The summed E-state index contributed by atoms with van der Waals surface area (Å²) >= 11 is 0. The maximum absolute atomic E-state index is 13.2. The van der Waals surface area contributed by atoms with Crippen molar-refractivity contribution in [1.82, 2.24) is 19.9 Å². The van der Waals surface area contributed by atoms with E-state index in [1.807, 2.05) is 0 Å². The summed E-state index contributed by atoms with van der Waals surface area (Å²) < 4.78 is 39.7. The second kappa shape index (κ2) is 7.71. The summed E-state index contributed by atoms with van der Waals surface area (Å²) in [6.45, 7) is 3.28. The Morgan fingerprint density at radius 1 is 1.11 bits per heavy atom. The highest BCUT2D eigenvalue weighted by molar-refractivity contribution is 5.95. The molecule has 0 aliphatic heterocycles. The molecule has 3 aromatic heterocycles. The average molecular weight is 387 g/mol. The molecule has 9 heteroatoms. The summed E-state index contributed by atoms with van der Waals surface area (Å²) in [4.78, 5) is 27.5. The number of pyridine rings is 2. The van der Waals surface area contributed by atoms with Crippen LogP contribution >= 0.6 is 0 Å². The van der Waals surface area contributed by atoms with Gasteiger partial charge in [-0.1, -0.05) is 6.07 Å². The van der Waals surface area contributed by atoms with Crippen LogP contribution in [0.15, 0.2) is 42.6 Å². The fourth-order valence-corrected chi connectivity index (χ4v) is 2.56. The maximum atomic E-state index is 13.2. The molecule has 0 radical (unpaired) electrons. The van der Waals surface area contributed by atoms with Gasteiger partial charge in [0.05, 0.1) is 12.2 Å². The molecule has 0 spiro atoms. The zero-order valence-corrected chi connectivity index (χ0v) is 15.1. The van der Waals surface area contributed by atoms with Gasteiger partial charge in [-0.25, -0.2) is 9.97 Å². The second-order valence-electron chi connectivity index (χ2n) is 6.02. The van der Waals surface area contributed by atoms with Crippen molar-refractivity contribution in [1.29, 1.82) is 0 Å². The summed E-state index contributed by atoms with van der Waals surface area (Å²) in [6.07, 6.45) is -3.17. The number of carbonyl (C=O) groups excluding carboxylic acids is 1. The lowest BCUT2D eigenvalue weighted by atomic mass is 10.1. The molecule has 28 heavy (non-hydrogen) atoms. The Hall–Kier alpha value is -3.36. The summed E-state index contributed by atoms with van der Waals surface area (Å²) in [6, 6.07) is 8.94. The van der Waals surface area contributed by atoms with Crippen LogP contribution in [0.1, 0.15) is 34.4 Å². The molecule has 0 atom stereocenters. The van der Waals surface area contributed by atoms with E-state index in [-0.39, 0.29) is 29.7 Å². The SMILES string of the molecule is CC(=O)c1ccc(CNc2cc(C(F)(F)F)nc(-c3ccccn3)n2)nc1C. The number of nitrogens with zero attached hydrogens (tertiary/aromatic N) is 4. The predicted octanol–water partition coefficient (Wildman–Crippen LogP) is 4.08. The molecule has 0 unspecified atom stereocenters. The molecule has 144 valence electrons. The molecule has 0 saturated heterocycles. The smallest absolute Gasteiger partial charge is 0.364 e. The Morgan fingerprint density at radius 3 is 2.50 bits per heavy atom. The Balaban J connectivity index is 1.89. The van der Waals surface area contributed by atoms with Crippen LogP contribution < -0.4 is 5.32 Å². The first kappa shape index (κ1) is 19.4. The van der Waals surface area contributed by atoms with Gasteiger partial charge in [0.25, 0.3) is 0 Å². The molecular formula is C19H16F3N5O. The number of ketones is 1. The van der Waals surface area contributed by atoms with Crippen LogP contribution in [-0.2, 0) is 12.7 Å². The van der Waals surface area contributed by atoms with Crippen molar-refractivity contribution in [3.63, 3.8) is 0 Å². The Bertz CT molecular complexity index is 1010. The third-order valence-corrected chi connectivity index (χ3v) is 3.88. The van der Waals surface area contributed by atoms with E-state index in [2.05, 4.69) is 25.3 Å². The molecule has 0 aliphatic carbocycles. The minimum Gasteiger partial charge on any atom is -0.364 e. The summed E-state index contributed by atoms with van der Waals surface area (Å²) in [5.74, 6) is -0.234. The van der Waals surface area contributed by atoms with Gasteiger partial charge in [-0.2, -0.15) is 13.2 Å². The predicted molar refractivity (Wildman–Crippen MR) is 96.6 cm³/mol. The van der Waals surface area contributed by atoms with Gasteiger partial charge in [-0.05, 0) is 38.1 Å². The molecule has 0 bridgehead atoms. The minimum atomic E-state index is -4.62. The highest BCUT2D eigenvalue weighted by Gasteiger charge is 2.34. The standard InChI is InChI=1S/C19H16F3N5O/c1-11-14(12(2)28)7-6-13(25-11)10-24-17-9-16(19(20,21)22)26-18(27-17)15-5-3-4-8-23-15/h3-9H,10H2,1-2H3,(H,24,26,27). The largest absolute Gasteiger partial charge is 0.433 e. The number of aryl methyl sites for hydroxylation is 1. The van der Waals surface area contributed by atoms with Crippen molar-refractivity contribution < 1.29 is 18.0 Å². The fourth-order valence-electron chi connectivity index (χ4n) is 2.56. The lowest BCUT2D eigenvalue weighted by Gasteiger charge is -2.12. The van der Waals surface area contributed by atoms with E-state index in [1.54, 1.807) is 31.2 Å². The normalized spacial score (nSPS) is 11.3. The highest BCUT2D eigenvalue weighted by Crippen LogP contribution is 2.30. The Kier molecular flexibility index (Phi) is 5.34. The zero-order valence-electron chi connectivity index (χ0n) is 15.1. The van der Waals surface area contributed by atoms with Crippen molar-refractivity contribution >= 4 is 11.6 Å². The van der Waals surface area contributed by atoms with Crippen LogP contribution in [0.3, 0.4) is 0 Å². The van der Waals surface area contributed by atoms with Crippen molar-refractivity contribution in [3.8, 4) is 11.5 Å². The van der Waals surface area contributed by atoms with E-state index in [0.717, 1.165) is 6.07 Å². The van der Waals surface area contributed by atoms with Crippen LogP contribution in [-0.4, -0.2) is 25.7 Å². The van der Waals surface area contributed by atoms with Crippen LogP contribution in [0.5, 0.6) is 0 Å². The van der Waals surface area contributed by atoms with Crippen molar-refractivity contribution in [2.75, 3.05) is 5.32 Å². The minimum absolute atomic E-state index is 0.00178. The molecule has 0 amide bonds. The highest BCUT2D eigenvalue weighted by atomic mass is 19.4. The summed E-state index contributed by atoms with van der Waals surface area (Å²) in [5.41, 5.74) is 0.787. The first-order chi connectivity index (χ1) is 13.2. The average Bonchev–Trinajstić information content (AvgIpc) is 2.66. The van der Waals surface area contributed by atoms with Gasteiger partial charge in [-0.15, -0.1) is 0 Å². The van der Waals surface area contributed by atoms with E-state index in [9.17, 15) is 18.0 Å². The van der Waals surface area contributed by atoms with Crippen LogP contribution in [0.2, 0.25) is 0 Å². The second-order valence-corrected chi connectivity index (χ2v) is 6.02.